The van der Waals surface area contributed by atoms with Gasteiger partial charge in [0.1, 0.15) is 5.75 Å². The number of methoxy groups -OCH3 is 1. The van der Waals surface area contributed by atoms with Crippen LogP contribution >= 0.6 is 11.6 Å². The normalized spacial score (nSPS) is 12.0. The number of hydrogen-bond acceptors (Lipinski definition) is 3. The molecule has 0 saturated carbocycles. The minimum absolute atomic E-state index is 0.0771. The Kier molecular flexibility index (Phi) is 5.10. The van der Waals surface area contributed by atoms with Crippen molar-refractivity contribution in [1.82, 2.24) is 0 Å². The molecule has 0 saturated heterocycles. The first-order valence-electron chi connectivity index (χ1n) is 6.93. The smallest absolute Gasteiger partial charge is 0.142 e. The first kappa shape index (κ1) is 15.7. The summed E-state index contributed by atoms with van der Waals surface area (Å²) in [7, 11) is 3.70. The number of nitrogens with two attached hydrogens (primary N) is 1. The minimum atomic E-state index is 0.0771. The van der Waals surface area contributed by atoms with Gasteiger partial charge in [-0.05, 0) is 49.2 Å². The van der Waals surface area contributed by atoms with Crippen molar-refractivity contribution in [2.24, 2.45) is 5.73 Å². The van der Waals surface area contributed by atoms with Gasteiger partial charge >= 0.3 is 0 Å². The summed E-state index contributed by atoms with van der Waals surface area (Å²) in [6.45, 7) is 1.99. The van der Waals surface area contributed by atoms with Crippen molar-refractivity contribution in [3.63, 3.8) is 0 Å². The predicted octanol–water partition coefficient (Wildman–Crippen LogP) is 4.01. The first-order valence-corrected chi connectivity index (χ1v) is 7.31. The highest BCUT2D eigenvalue weighted by Gasteiger charge is 2.14. The van der Waals surface area contributed by atoms with Gasteiger partial charge in [0.2, 0.25) is 0 Å². The van der Waals surface area contributed by atoms with Crippen LogP contribution in [0.1, 0.15) is 12.5 Å². The van der Waals surface area contributed by atoms with Crippen LogP contribution in [-0.2, 0) is 6.42 Å². The van der Waals surface area contributed by atoms with Crippen LogP contribution in [0.15, 0.2) is 42.5 Å². The summed E-state index contributed by atoms with van der Waals surface area (Å²) in [6.07, 6.45) is 0.773. The molecule has 0 aliphatic heterocycles. The summed E-state index contributed by atoms with van der Waals surface area (Å²) < 4.78 is 5.44. The first-order chi connectivity index (χ1) is 10.0. The number of halogens is 1. The van der Waals surface area contributed by atoms with Gasteiger partial charge in [0, 0.05) is 23.8 Å². The zero-order valence-corrected chi connectivity index (χ0v) is 13.4. The highest BCUT2D eigenvalue weighted by atomic mass is 35.5. The van der Waals surface area contributed by atoms with Gasteiger partial charge < -0.3 is 15.4 Å². The summed E-state index contributed by atoms with van der Waals surface area (Å²) in [5.41, 5.74) is 9.17. The number of nitrogens with zero attached hydrogens (tertiary/aromatic N) is 1. The molecule has 0 bridgehead atoms. The van der Waals surface area contributed by atoms with Crippen molar-refractivity contribution in [3.8, 4) is 5.75 Å². The van der Waals surface area contributed by atoms with Crippen LogP contribution in [0.25, 0.3) is 0 Å². The maximum atomic E-state index is 6.13. The summed E-state index contributed by atoms with van der Waals surface area (Å²) >= 11 is 6.13. The molecule has 3 nitrogen and oxygen atoms in total. The predicted molar refractivity (Wildman–Crippen MR) is 89.9 cm³/mol. The molecule has 2 N–H and O–H groups in total. The molecule has 0 aliphatic carbocycles. The second-order valence-electron chi connectivity index (χ2n) is 5.19. The fraction of sp³-hybridized carbons (Fsp3) is 0.294. The van der Waals surface area contributed by atoms with E-state index in [9.17, 15) is 0 Å². The van der Waals surface area contributed by atoms with E-state index in [-0.39, 0.29) is 6.04 Å². The molecule has 0 heterocycles. The van der Waals surface area contributed by atoms with Crippen molar-refractivity contribution in [2.45, 2.75) is 19.4 Å². The lowest BCUT2D eigenvalue weighted by Gasteiger charge is -2.25. The Hall–Kier alpha value is -1.71. The van der Waals surface area contributed by atoms with Crippen molar-refractivity contribution < 1.29 is 4.74 Å². The van der Waals surface area contributed by atoms with Gasteiger partial charge in [-0.3, -0.25) is 0 Å². The Balaban J connectivity index is 2.45. The molecule has 0 aliphatic rings. The quantitative estimate of drug-likeness (QED) is 0.907. The number of ether oxygens (including phenoxy) is 1. The lowest BCUT2D eigenvalue weighted by molar-refractivity contribution is 0.415. The monoisotopic (exact) mass is 304 g/mol. The average Bonchev–Trinajstić information content (AvgIpc) is 2.46. The second kappa shape index (κ2) is 6.83. The highest BCUT2D eigenvalue weighted by molar-refractivity contribution is 6.30. The van der Waals surface area contributed by atoms with Crippen LogP contribution in [0.4, 0.5) is 11.4 Å². The maximum absolute atomic E-state index is 6.13. The SMILES string of the molecule is COc1ccccc1N(C)c1ccc(Cl)cc1CC(C)N. The van der Waals surface area contributed by atoms with Crippen molar-refractivity contribution in [3.05, 3.63) is 53.1 Å². The molecule has 0 aromatic heterocycles. The molecular formula is C17H21ClN2O. The summed E-state index contributed by atoms with van der Waals surface area (Å²) in [4.78, 5) is 2.10. The van der Waals surface area contributed by atoms with E-state index in [1.807, 2.05) is 56.4 Å². The Bertz CT molecular complexity index is 613. The zero-order chi connectivity index (χ0) is 15.4. The van der Waals surface area contributed by atoms with E-state index in [4.69, 9.17) is 22.1 Å². The lowest BCUT2D eigenvalue weighted by atomic mass is 10.0. The number of rotatable bonds is 5. The summed E-state index contributed by atoms with van der Waals surface area (Å²) in [5, 5.41) is 0.725. The Morgan fingerprint density at radius 3 is 2.57 bits per heavy atom. The molecule has 1 unspecified atom stereocenters. The summed E-state index contributed by atoms with van der Waals surface area (Å²) in [5.74, 6) is 0.835. The Labute approximate surface area is 131 Å². The molecule has 0 radical (unpaired) electrons. The number of anilines is 2. The van der Waals surface area contributed by atoms with Crippen molar-refractivity contribution >= 4 is 23.0 Å². The van der Waals surface area contributed by atoms with E-state index in [0.717, 1.165) is 34.1 Å². The van der Waals surface area contributed by atoms with Gasteiger partial charge in [0.05, 0.1) is 12.8 Å². The van der Waals surface area contributed by atoms with Gasteiger partial charge in [0.25, 0.3) is 0 Å². The molecule has 0 spiro atoms. The third-order valence-electron chi connectivity index (χ3n) is 3.39. The van der Waals surface area contributed by atoms with Gasteiger partial charge in [-0.1, -0.05) is 23.7 Å². The fourth-order valence-corrected chi connectivity index (χ4v) is 2.62. The van der Waals surface area contributed by atoms with E-state index < -0.39 is 0 Å². The third kappa shape index (κ3) is 3.69. The maximum Gasteiger partial charge on any atom is 0.142 e. The zero-order valence-electron chi connectivity index (χ0n) is 12.6. The largest absolute Gasteiger partial charge is 0.495 e. The van der Waals surface area contributed by atoms with Crippen LogP contribution in [0.2, 0.25) is 5.02 Å². The molecule has 112 valence electrons. The average molecular weight is 305 g/mol. The van der Waals surface area contributed by atoms with E-state index in [2.05, 4.69) is 4.90 Å². The highest BCUT2D eigenvalue weighted by Crippen LogP contribution is 2.35. The van der Waals surface area contributed by atoms with Gasteiger partial charge in [-0.2, -0.15) is 0 Å². The molecule has 2 aromatic carbocycles. The van der Waals surface area contributed by atoms with Crippen molar-refractivity contribution in [1.29, 1.82) is 0 Å². The molecular weight excluding hydrogens is 284 g/mol. The fourth-order valence-electron chi connectivity index (χ4n) is 2.43. The van der Waals surface area contributed by atoms with Crippen LogP contribution in [0.5, 0.6) is 5.75 Å². The standard InChI is InChI=1S/C17H21ClN2O/c1-12(19)10-13-11-14(18)8-9-15(13)20(2)16-6-4-5-7-17(16)21-3/h4-9,11-12H,10,19H2,1-3H3. The molecule has 1 atom stereocenters. The Morgan fingerprint density at radius 2 is 1.90 bits per heavy atom. The van der Waals surface area contributed by atoms with Gasteiger partial charge in [-0.25, -0.2) is 0 Å². The Morgan fingerprint density at radius 1 is 1.19 bits per heavy atom. The van der Waals surface area contributed by atoms with E-state index in [1.165, 1.54) is 0 Å². The van der Waals surface area contributed by atoms with Crippen LogP contribution in [-0.4, -0.2) is 20.2 Å². The van der Waals surface area contributed by atoms with Gasteiger partial charge in [-0.15, -0.1) is 0 Å². The molecule has 2 aromatic rings. The molecule has 2 rings (SSSR count). The molecule has 0 amide bonds. The number of hydrogen-bond donors (Lipinski definition) is 1. The third-order valence-corrected chi connectivity index (χ3v) is 3.63. The van der Waals surface area contributed by atoms with E-state index in [1.54, 1.807) is 7.11 Å². The molecule has 0 fully saturated rings. The summed E-state index contributed by atoms with van der Waals surface area (Å²) in [6, 6.07) is 13.9. The van der Waals surface area contributed by atoms with Crippen LogP contribution in [0.3, 0.4) is 0 Å². The lowest BCUT2D eigenvalue weighted by Crippen LogP contribution is -2.20. The van der Waals surface area contributed by atoms with E-state index >= 15 is 0 Å². The van der Waals surface area contributed by atoms with Crippen LogP contribution < -0.4 is 15.4 Å². The second-order valence-corrected chi connectivity index (χ2v) is 5.62. The topological polar surface area (TPSA) is 38.5 Å². The van der Waals surface area contributed by atoms with Crippen molar-refractivity contribution in [2.75, 3.05) is 19.1 Å². The molecule has 21 heavy (non-hydrogen) atoms. The number of benzene rings is 2. The van der Waals surface area contributed by atoms with E-state index in [0.29, 0.717) is 0 Å². The molecule has 4 heteroatoms. The number of para-hydroxylation sites is 2. The minimum Gasteiger partial charge on any atom is -0.495 e. The van der Waals surface area contributed by atoms with Crippen LogP contribution in [0, 0.1) is 0 Å². The van der Waals surface area contributed by atoms with Gasteiger partial charge in [0.15, 0.2) is 0 Å².